The number of aliphatic imine (C=N–C) groups is 1. The van der Waals surface area contributed by atoms with Crippen LogP contribution in [0.25, 0.3) is 0 Å². The highest BCUT2D eigenvalue weighted by molar-refractivity contribution is 7.91. The number of rotatable bonds is 5. The van der Waals surface area contributed by atoms with Crippen LogP contribution in [0.5, 0.6) is 0 Å². The van der Waals surface area contributed by atoms with Gasteiger partial charge in [0.05, 0.1) is 31.3 Å². The van der Waals surface area contributed by atoms with Gasteiger partial charge in [0, 0.05) is 31.2 Å². The highest BCUT2D eigenvalue weighted by Gasteiger charge is 2.30. The number of sulfone groups is 1. The lowest BCUT2D eigenvalue weighted by Gasteiger charge is -2.40. The fourth-order valence-corrected chi connectivity index (χ4v) is 4.64. The van der Waals surface area contributed by atoms with E-state index >= 15 is 0 Å². The van der Waals surface area contributed by atoms with Gasteiger partial charge in [0.1, 0.15) is 0 Å². The van der Waals surface area contributed by atoms with Crippen LogP contribution >= 0.6 is 0 Å². The van der Waals surface area contributed by atoms with Crippen LogP contribution in [-0.4, -0.2) is 81.8 Å². The van der Waals surface area contributed by atoms with E-state index in [1.165, 1.54) is 0 Å². The first kappa shape index (κ1) is 18.5. The molecule has 0 aliphatic carbocycles. The summed E-state index contributed by atoms with van der Waals surface area (Å²) in [4.78, 5) is 7.08. The number of guanidine groups is 1. The summed E-state index contributed by atoms with van der Waals surface area (Å²) in [5.74, 6) is 1.17. The zero-order valence-electron chi connectivity index (χ0n) is 14.5. The minimum absolute atomic E-state index is 0.0377. The molecule has 0 spiro atoms. The smallest absolute Gasteiger partial charge is 0.191 e. The molecule has 0 amide bonds. The van der Waals surface area contributed by atoms with Gasteiger partial charge in [-0.25, -0.2) is 8.42 Å². The van der Waals surface area contributed by atoms with Crippen molar-refractivity contribution in [1.29, 1.82) is 0 Å². The van der Waals surface area contributed by atoms with Crippen LogP contribution in [0, 0.1) is 0 Å². The number of nitrogens with one attached hydrogen (secondary N) is 2. The summed E-state index contributed by atoms with van der Waals surface area (Å²) in [5, 5.41) is 6.48. The molecule has 2 rings (SSSR count). The van der Waals surface area contributed by atoms with Gasteiger partial charge in [-0.1, -0.05) is 0 Å². The Balaban J connectivity index is 1.94. The molecule has 23 heavy (non-hydrogen) atoms. The average molecular weight is 346 g/mol. The van der Waals surface area contributed by atoms with E-state index < -0.39 is 9.84 Å². The van der Waals surface area contributed by atoms with Crippen molar-refractivity contribution in [3.05, 3.63) is 0 Å². The number of hydrogen-bond acceptors (Lipinski definition) is 5. The van der Waals surface area contributed by atoms with Crippen LogP contribution in [0.3, 0.4) is 0 Å². The van der Waals surface area contributed by atoms with Gasteiger partial charge in [-0.15, -0.1) is 0 Å². The Hall–Kier alpha value is -0.860. The predicted molar refractivity (Wildman–Crippen MR) is 92.6 cm³/mol. The van der Waals surface area contributed by atoms with Gasteiger partial charge in [0.25, 0.3) is 0 Å². The van der Waals surface area contributed by atoms with Crippen molar-refractivity contribution >= 4 is 15.8 Å². The highest BCUT2D eigenvalue weighted by Crippen LogP contribution is 2.17. The predicted octanol–water partition coefficient (Wildman–Crippen LogP) is -0.161. The van der Waals surface area contributed by atoms with Crippen LogP contribution < -0.4 is 10.6 Å². The normalized spacial score (nSPS) is 26.2. The number of ether oxygens (including phenoxy) is 1. The maximum Gasteiger partial charge on any atom is 0.191 e. The Kier molecular flexibility index (Phi) is 6.27. The molecule has 0 bridgehead atoms. The Bertz CT molecular complexity index is 513. The number of hydrogen-bond donors (Lipinski definition) is 2. The fraction of sp³-hybridized carbons (Fsp3) is 0.933. The van der Waals surface area contributed by atoms with Gasteiger partial charge in [0.15, 0.2) is 15.8 Å². The van der Waals surface area contributed by atoms with Crippen molar-refractivity contribution < 1.29 is 13.2 Å². The second-order valence-electron chi connectivity index (χ2n) is 6.85. The number of nitrogens with zero attached hydrogens (tertiary/aromatic N) is 2. The lowest BCUT2D eigenvalue weighted by Crippen LogP contribution is -2.52. The van der Waals surface area contributed by atoms with Crippen molar-refractivity contribution in [2.24, 2.45) is 4.99 Å². The monoisotopic (exact) mass is 346 g/mol. The summed E-state index contributed by atoms with van der Waals surface area (Å²) in [5.41, 5.74) is -0.0477. The molecular weight excluding hydrogens is 316 g/mol. The molecule has 0 radical (unpaired) electrons. The molecule has 0 aromatic rings. The van der Waals surface area contributed by atoms with E-state index in [2.05, 4.69) is 34.4 Å². The molecule has 134 valence electrons. The second kappa shape index (κ2) is 7.81. The second-order valence-corrected chi connectivity index (χ2v) is 9.08. The molecule has 2 heterocycles. The van der Waals surface area contributed by atoms with Gasteiger partial charge in [0.2, 0.25) is 0 Å². The summed E-state index contributed by atoms with van der Waals surface area (Å²) in [6.07, 6.45) is 0.652. The lowest BCUT2D eigenvalue weighted by atomic mass is 10.0. The van der Waals surface area contributed by atoms with Crippen LogP contribution in [0.15, 0.2) is 4.99 Å². The van der Waals surface area contributed by atoms with Crippen LogP contribution in [0.1, 0.15) is 27.2 Å². The van der Waals surface area contributed by atoms with Gasteiger partial charge >= 0.3 is 0 Å². The van der Waals surface area contributed by atoms with E-state index in [1.54, 1.807) is 0 Å². The van der Waals surface area contributed by atoms with Crippen molar-refractivity contribution in [3.63, 3.8) is 0 Å². The van der Waals surface area contributed by atoms with E-state index in [0.717, 1.165) is 32.8 Å². The maximum atomic E-state index is 11.6. The maximum absolute atomic E-state index is 11.6. The minimum Gasteiger partial charge on any atom is -0.379 e. The minimum atomic E-state index is -2.88. The quantitative estimate of drug-likeness (QED) is 0.532. The Morgan fingerprint density at radius 3 is 2.61 bits per heavy atom. The van der Waals surface area contributed by atoms with Gasteiger partial charge in [-0.2, -0.15) is 0 Å². The molecule has 0 aromatic carbocycles. The summed E-state index contributed by atoms with van der Waals surface area (Å²) in [6, 6.07) is -0.0377. The third-order valence-corrected chi connectivity index (χ3v) is 6.18. The van der Waals surface area contributed by atoms with E-state index in [-0.39, 0.29) is 23.1 Å². The molecule has 2 aliphatic rings. The van der Waals surface area contributed by atoms with E-state index in [0.29, 0.717) is 18.9 Å². The summed E-state index contributed by atoms with van der Waals surface area (Å²) in [6.45, 7) is 11.2. The van der Waals surface area contributed by atoms with Crippen LogP contribution in [0.2, 0.25) is 0 Å². The number of morpholine rings is 1. The Labute approximate surface area is 139 Å². The highest BCUT2D eigenvalue weighted by atomic mass is 32.2. The molecule has 0 saturated carbocycles. The molecule has 2 aliphatic heterocycles. The van der Waals surface area contributed by atoms with E-state index in [1.807, 2.05) is 6.92 Å². The average Bonchev–Trinajstić information content (AvgIpc) is 2.85. The van der Waals surface area contributed by atoms with Crippen molar-refractivity contribution in [2.45, 2.75) is 38.8 Å². The Morgan fingerprint density at radius 1 is 1.35 bits per heavy atom. The van der Waals surface area contributed by atoms with Crippen LogP contribution in [-0.2, 0) is 14.6 Å². The van der Waals surface area contributed by atoms with Gasteiger partial charge < -0.3 is 15.4 Å². The zero-order valence-corrected chi connectivity index (χ0v) is 15.3. The first-order valence-corrected chi connectivity index (χ1v) is 10.2. The summed E-state index contributed by atoms with van der Waals surface area (Å²) in [7, 11) is -2.88. The first-order valence-electron chi connectivity index (χ1n) is 8.40. The molecule has 0 aromatic heterocycles. The molecular formula is C15H30N4O3S. The van der Waals surface area contributed by atoms with E-state index in [4.69, 9.17) is 4.74 Å². The first-order chi connectivity index (χ1) is 10.8. The van der Waals surface area contributed by atoms with Gasteiger partial charge in [-0.3, -0.25) is 9.89 Å². The van der Waals surface area contributed by atoms with Crippen molar-refractivity contribution in [2.75, 3.05) is 50.9 Å². The standard InChI is InChI=1S/C15H30N4O3S/c1-4-16-14(18-13-5-10-23(20,21)11-13)17-12-15(2,3)19-6-8-22-9-7-19/h13H,4-12H2,1-3H3,(H2,16,17,18). The van der Waals surface area contributed by atoms with Crippen molar-refractivity contribution in [1.82, 2.24) is 15.5 Å². The molecule has 2 N–H and O–H groups in total. The van der Waals surface area contributed by atoms with Crippen molar-refractivity contribution in [3.8, 4) is 0 Å². The topological polar surface area (TPSA) is 83.0 Å². The van der Waals surface area contributed by atoms with E-state index in [9.17, 15) is 8.42 Å². The lowest BCUT2D eigenvalue weighted by molar-refractivity contribution is -0.00684. The third-order valence-electron chi connectivity index (χ3n) is 4.41. The zero-order chi connectivity index (χ0) is 16.9. The molecule has 1 atom stereocenters. The largest absolute Gasteiger partial charge is 0.379 e. The Morgan fingerprint density at radius 2 is 2.04 bits per heavy atom. The van der Waals surface area contributed by atoms with Crippen LogP contribution in [0.4, 0.5) is 0 Å². The molecule has 1 unspecified atom stereocenters. The molecule has 8 heteroatoms. The molecule has 2 fully saturated rings. The summed E-state index contributed by atoms with van der Waals surface area (Å²) >= 11 is 0. The third kappa shape index (κ3) is 5.61. The summed E-state index contributed by atoms with van der Waals surface area (Å²) < 4.78 is 28.6. The van der Waals surface area contributed by atoms with Gasteiger partial charge in [-0.05, 0) is 27.2 Å². The molecule has 7 nitrogen and oxygen atoms in total. The SMILES string of the molecule is CCNC(=NCC(C)(C)N1CCOCC1)NC1CCS(=O)(=O)C1. The molecule has 2 saturated heterocycles. The fourth-order valence-electron chi connectivity index (χ4n) is 2.96.